The minimum Gasteiger partial charge on any atom is -0.258 e. The summed E-state index contributed by atoms with van der Waals surface area (Å²) in [5, 5.41) is 12.8. The van der Waals surface area contributed by atoms with Crippen molar-refractivity contribution < 1.29 is 13.3 Å². The van der Waals surface area contributed by atoms with Crippen molar-refractivity contribution in [3.8, 4) is 22.4 Å². The molecule has 0 saturated carbocycles. The van der Waals surface area contributed by atoms with Crippen molar-refractivity contribution in [2.75, 3.05) is 4.72 Å². The van der Waals surface area contributed by atoms with Crippen LogP contribution in [0.15, 0.2) is 89.1 Å². The molecule has 0 aliphatic heterocycles. The summed E-state index contributed by atoms with van der Waals surface area (Å²) in [7, 11) is -3.99. The zero-order valence-electron chi connectivity index (χ0n) is 15.4. The number of anilines is 1. The standard InChI is InChI=1S/C21H15N3O4S2/c25-24(26)18-7-4-8-19(13-18)30(27,28)23-21-22-20(14-29-21)17-11-9-16(10-12-17)15-5-2-1-3-6-15/h1-14H,(H,22,23). The van der Waals surface area contributed by atoms with Crippen LogP contribution in [0.25, 0.3) is 22.4 Å². The van der Waals surface area contributed by atoms with Crippen LogP contribution >= 0.6 is 11.3 Å². The highest BCUT2D eigenvalue weighted by atomic mass is 32.2. The van der Waals surface area contributed by atoms with Crippen LogP contribution in [0.3, 0.4) is 0 Å². The Bertz CT molecular complexity index is 1300. The highest BCUT2D eigenvalue weighted by Gasteiger charge is 2.19. The molecular weight excluding hydrogens is 422 g/mol. The topological polar surface area (TPSA) is 102 Å². The van der Waals surface area contributed by atoms with Gasteiger partial charge in [0.25, 0.3) is 15.7 Å². The number of nitrogens with zero attached hydrogens (tertiary/aromatic N) is 2. The molecule has 7 nitrogen and oxygen atoms in total. The second-order valence-corrected chi connectivity index (χ2v) is 8.88. The lowest BCUT2D eigenvalue weighted by molar-refractivity contribution is -0.385. The number of aromatic nitrogens is 1. The molecule has 0 radical (unpaired) electrons. The van der Waals surface area contributed by atoms with Gasteiger partial charge in [0, 0.05) is 23.1 Å². The van der Waals surface area contributed by atoms with Gasteiger partial charge in [-0.05, 0) is 17.2 Å². The van der Waals surface area contributed by atoms with E-state index in [0.29, 0.717) is 5.69 Å². The molecule has 30 heavy (non-hydrogen) atoms. The fourth-order valence-corrected chi connectivity index (χ4v) is 4.87. The van der Waals surface area contributed by atoms with Crippen molar-refractivity contribution in [3.63, 3.8) is 0 Å². The molecule has 4 aromatic rings. The first-order chi connectivity index (χ1) is 14.4. The smallest absolute Gasteiger partial charge is 0.258 e. The van der Waals surface area contributed by atoms with E-state index in [2.05, 4.69) is 9.71 Å². The van der Waals surface area contributed by atoms with Crippen LogP contribution in [0.4, 0.5) is 10.8 Å². The molecule has 1 aromatic heterocycles. The molecule has 9 heteroatoms. The predicted molar refractivity (Wildman–Crippen MR) is 117 cm³/mol. The Morgan fingerprint density at radius 1 is 0.867 bits per heavy atom. The molecule has 0 unspecified atom stereocenters. The van der Waals surface area contributed by atoms with Gasteiger partial charge >= 0.3 is 0 Å². The molecule has 0 atom stereocenters. The SMILES string of the molecule is O=[N+]([O-])c1cccc(S(=O)(=O)Nc2nc(-c3ccc(-c4ccccc4)cc3)cs2)c1. The van der Waals surface area contributed by atoms with Gasteiger partial charge in [0.05, 0.1) is 15.5 Å². The molecular formula is C21H15N3O4S2. The Balaban J connectivity index is 1.54. The van der Waals surface area contributed by atoms with Gasteiger partial charge in [0.2, 0.25) is 0 Å². The second kappa shape index (κ2) is 8.05. The fourth-order valence-electron chi connectivity index (χ4n) is 2.86. The van der Waals surface area contributed by atoms with Gasteiger partial charge < -0.3 is 0 Å². The van der Waals surface area contributed by atoms with E-state index < -0.39 is 14.9 Å². The molecule has 3 aromatic carbocycles. The van der Waals surface area contributed by atoms with Crippen LogP contribution in [-0.4, -0.2) is 18.3 Å². The zero-order chi connectivity index (χ0) is 21.1. The first-order valence-electron chi connectivity index (χ1n) is 8.81. The van der Waals surface area contributed by atoms with E-state index in [4.69, 9.17) is 0 Å². The summed E-state index contributed by atoms with van der Waals surface area (Å²) in [5.41, 5.74) is 3.37. The minimum absolute atomic E-state index is 0.184. The first kappa shape index (κ1) is 19.7. The number of hydrogen-bond donors (Lipinski definition) is 1. The number of hydrogen-bond acceptors (Lipinski definition) is 6. The minimum atomic E-state index is -3.99. The van der Waals surface area contributed by atoms with Gasteiger partial charge in [-0.1, -0.05) is 60.7 Å². The maximum Gasteiger partial charge on any atom is 0.270 e. The summed E-state index contributed by atoms with van der Waals surface area (Å²) >= 11 is 1.14. The Morgan fingerprint density at radius 2 is 1.53 bits per heavy atom. The van der Waals surface area contributed by atoms with Crippen molar-refractivity contribution in [2.24, 2.45) is 0 Å². The van der Waals surface area contributed by atoms with E-state index in [1.807, 2.05) is 54.6 Å². The lowest BCUT2D eigenvalue weighted by Gasteiger charge is -2.05. The maximum absolute atomic E-state index is 12.6. The van der Waals surface area contributed by atoms with Crippen LogP contribution in [0.1, 0.15) is 0 Å². The molecule has 4 rings (SSSR count). The zero-order valence-corrected chi connectivity index (χ0v) is 17.1. The average molecular weight is 438 g/mol. The van der Waals surface area contributed by atoms with Crippen molar-refractivity contribution in [2.45, 2.75) is 4.90 Å². The summed E-state index contributed by atoms with van der Waals surface area (Å²) < 4.78 is 27.5. The number of nitro groups is 1. The summed E-state index contributed by atoms with van der Waals surface area (Å²) in [6, 6.07) is 22.7. The molecule has 1 N–H and O–H groups in total. The van der Waals surface area contributed by atoms with Crippen LogP contribution in [0, 0.1) is 10.1 Å². The summed E-state index contributed by atoms with van der Waals surface area (Å²) in [6.07, 6.45) is 0. The van der Waals surface area contributed by atoms with E-state index in [-0.39, 0.29) is 15.7 Å². The van der Waals surface area contributed by atoms with E-state index in [1.54, 1.807) is 5.38 Å². The highest BCUT2D eigenvalue weighted by Crippen LogP contribution is 2.29. The molecule has 0 aliphatic rings. The second-order valence-electron chi connectivity index (χ2n) is 6.34. The quantitative estimate of drug-likeness (QED) is 0.330. The maximum atomic E-state index is 12.6. The first-order valence-corrected chi connectivity index (χ1v) is 11.2. The molecule has 0 saturated heterocycles. The van der Waals surface area contributed by atoms with Crippen molar-refractivity contribution >= 4 is 32.2 Å². The van der Waals surface area contributed by atoms with Crippen LogP contribution in [0.2, 0.25) is 0 Å². The Hall–Kier alpha value is -3.56. The molecule has 0 spiro atoms. The van der Waals surface area contributed by atoms with E-state index in [1.165, 1.54) is 18.2 Å². The van der Waals surface area contributed by atoms with Gasteiger partial charge in [0.15, 0.2) is 5.13 Å². The highest BCUT2D eigenvalue weighted by molar-refractivity contribution is 7.93. The monoisotopic (exact) mass is 437 g/mol. The fraction of sp³-hybridized carbons (Fsp3) is 0. The van der Waals surface area contributed by atoms with E-state index in [9.17, 15) is 18.5 Å². The average Bonchev–Trinajstić information content (AvgIpc) is 3.22. The third kappa shape index (κ3) is 4.22. The van der Waals surface area contributed by atoms with E-state index >= 15 is 0 Å². The number of non-ortho nitro benzene ring substituents is 1. The third-order valence-corrected chi connectivity index (χ3v) is 6.58. The number of nitro benzene ring substituents is 1. The molecule has 0 amide bonds. The Morgan fingerprint density at radius 3 is 2.23 bits per heavy atom. The molecule has 1 heterocycles. The Labute approximate surface area is 176 Å². The number of nitrogens with one attached hydrogen (secondary N) is 1. The predicted octanol–water partition coefficient (Wildman–Crippen LogP) is 5.19. The van der Waals surface area contributed by atoms with Crippen molar-refractivity contribution in [1.29, 1.82) is 0 Å². The van der Waals surface area contributed by atoms with Crippen LogP contribution in [0.5, 0.6) is 0 Å². The Kier molecular flexibility index (Phi) is 5.30. The van der Waals surface area contributed by atoms with Crippen LogP contribution in [-0.2, 0) is 10.0 Å². The van der Waals surface area contributed by atoms with Crippen LogP contribution < -0.4 is 4.72 Å². The lowest BCUT2D eigenvalue weighted by Crippen LogP contribution is -2.13. The largest absolute Gasteiger partial charge is 0.270 e. The number of sulfonamides is 1. The summed E-state index contributed by atoms with van der Waals surface area (Å²) in [5.74, 6) is 0. The molecule has 150 valence electrons. The number of rotatable bonds is 6. The number of benzene rings is 3. The number of thiazole rings is 1. The molecule has 0 bridgehead atoms. The molecule has 0 aliphatic carbocycles. The summed E-state index contributed by atoms with van der Waals surface area (Å²) in [4.78, 5) is 14.4. The lowest BCUT2D eigenvalue weighted by atomic mass is 10.0. The third-order valence-electron chi connectivity index (χ3n) is 4.35. The van der Waals surface area contributed by atoms with Gasteiger partial charge in [-0.15, -0.1) is 11.3 Å². The van der Waals surface area contributed by atoms with Gasteiger partial charge in [-0.25, -0.2) is 13.4 Å². The van der Waals surface area contributed by atoms with Gasteiger partial charge in [0.1, 0.15) is 0 Å². The van der Waals surface area contributed by atoms with Crippen molar-refractivity contribution in [1.82, 2.24) is 4.98 Å². The summed E-state index contributed by atoms with van der Waals surface area (Å²) in [6.45, 7) is 0. The normalized spacial score (nSPS) is 11.2. The van der Waals surface area contributed by atoms with Gasteiger partial charge in [-0.2, -0.15) is 0 Å². The van der Waals surface area contributed by atoms with Crippen molar-refractivity contribution in [3.05, 3.63) is 94.4 Å². The van der Waals surface area contributed by atoms with E-state index in [0.717, 1.165) is 34.1 Å². The van der Waals surface area contributed by atoms with Gasteiger partial charge in [-0.3, -0.25) is 14.8 Å². The molecule has 0 fully saturated rings.